The van der Waals surface area contributed by atoms with Crippen LogP contribution < -0.4 is 0 Å². The number of rotatable bonds is 14. The van der Waals surface area contributed by atoms with Crippen LogP contribution in [0.3, 0.4) is 0 Å². The number of hydrogen-bond acceptors (Lipinski definition) is 6. The Hall–Kier alpha value is -2.12. The molecule has 288 valence electrons. The van der Waals surface area contributed by atoms with Crippen molar-refractivity contribution < 1.29 is 29.2 Å². The van der Waals surface area contributed by atoms with Crippen LogP contribution in [0.25, 0.3) is 0 Å². The van der Waals surface area contributed by atoms with Crippen LogP contribution in [0.1, 0.15) is 181 Å². The predicted octanol–water partition coefficient (Wildman–Crippen LogP) is 11.3. The normalized spacial score (nSPS) is 23.4. The van der Waals surface area contributed by atoms with Gasteiger partial charge in [0.1, 0.15) is 11.5 Å². The van der Waals surface area contributed by atoms with E-state index in [-0.39, 0.29) is 51.5 Å². The highest BCUT2D eigenvalue weighted by Crippen LogP contribution is 2.46. The molecule has 51 heavy (non-hydrogen) atoms. The van der Waals surface area contributed by atoms with Crippen LogP contribution in [0.5, 0.6) is 11.5 Å². The quantitative estimate of drug-likeness (QED) is 0.203. The molecule has 2 aliphatic heterocycles. The third kappa shape index (κ3) is 8.99. The smallest absolute Gasteiger partial charge is 0.158 e. The van der Waals surface area contributed by atoms with E-state index in [9.17, 15) is 10.2 Å². The van der Waals surface area contributed by atoms with E-state index in [1.54, 1.807) is 0 Å². The lowest BCUT2D eigenvalue weighted by atomic mass is 9.73. The van der Waals surface area contributed by atoms with Crippen LogP contribution in [-0.2, 0) is 40.6 Å². The number of phenols is 2. The third-order valence-corrected chi connectivity index (χ3v) is 13.2. The number of hydrogen-bond donors (Lipinski definition) is 2. The summed E-state index contributed by atoms with van der Waals surface area (Å²) in [5.74, 6) is 1.28. The molecule has 1 spiro atoms. The molecule has 2 aliphatic rings. The molecule has 0 saturated carbocycles. The zero-order valence-corrected chi connectivity index (χ0v) is 34.7. The summed E-state index contributed by atoms with van der Waals surface area (Å²) in [7, 11) is 0. The molecule has 0 bridgehead atoms. The monoisotopic (exact) mass is 709 g/mol. The summed E-state index contributed by atoms with van der Waals surface area (Å²) < 4.78 is 25.5. The van der Waals surface area contributed by atoms with Crippen molar-refractivity contribution >= 4 is 0 Å². The first-order valence-electron chi connectivity index (χ1n) is 19.9. The molecule has 2 heterocycles. The zero-order valence-electron chi connectivity index (χ0n) is 34.7. The largest absolute Gasteiger partial charge is 0.507 e. The molecular formula is C45H72O6. The van der Waals surface area contributed by atoms with Crippen LogP contribution in [0.2, 0.25) is 0 Å². The maximum atomic E-state index is 11.4. The van der Waals surface area contributed by atoms with Crippen molar-refractivity contribution in [2.45, 2.75) is 182 Å². The first-order valence-corrected chi connectivity index (χ1v) is 19.9. The van der Waals surface area contributed by atoms with E-state index in [1.165, 1.54) is 11.1 Å². The lowest BCUT2D eigenvalue weighted by Crippen LogP contribution is -2.52. The number of aromatic hydroxyl groups is 2. The maximum Gasteiger partial charge on any atom is 0.158 e. The van der Waals surface area contributed by atoms with Gasteiger partial charge in [0.2, 0.25) is 0 Å². The highest BCUT2D eigenvalue weighted by Gasteiger charge is 2.43. The molecule has 0 amide bonds. The standard InChI is InChI=1S/C45H72O6/c1-15-41(7,8)33-21-31(22-34(39(33)46)42(9,10)16-2)29(5)19-37-48-25-45(26-49-37)27-50-38(51-28-45)20-30(6)32-23-35(43(11,12)17-3)40(47)36(24-32)44(13,14)18-4/h21-24,29-30,37-38,46-47H,15-20,25-28H2,1-14H3. The van der Waals surface area contributed by atoms with Gasteiger partial charge in [-0.2, -0.15) is 0 Å². The Balaban J connectivity index is 1.40. The minimum absolute atomic E-state index is 0.132. The van der Waals surface area contributed by atoms with Crippen LogP contribution in [0.4, 0.5) is 0 Å². The number of ether oxygens (including phenoxy) is 4. The summed E-state index contributed by atoms with van der Waals surface area (Å²) in [4.78, 5) is 0. The molecule has 2 atom stereocenters. The van der Waals surface area contributed by atoms with Gasteiger partial charge in [-0.15, -0.1) is 0 Å². The van der Waals surface area contributed by atoms with Gasteiger partial charge in [-0.3, -0.25) is 0 Å². The highest BCUT2D eigenvalue weighted by molar-refractivity contribution is 5.52. The molecule has 2 unspecified atom stereocenters. The molecule has 2 saturated heterocycles. The van der Waals surface area contributed by atoms with Crippen LogP contribution in [0, 0.1) is 5.41 Å². The molecule has 2 aromatic rings. The van der Waals surface area contributed by atoms with Crippen molar-refractivity contribution in [1.82, 2.24) is 0 Å². The van der Waals surface area contributed by atoms with E-state index < -0.39 is 0 Å². The summed E-state index contributed by atoms with van der Waals surface area (Å²) in [6.45, 7) is 33.1. The van der Waals surface area contributed by atoms with E-state index in [2.05, 4.69) is 121 Å². The Kier molecular flexibility index (Phi) is 12.8. The van der Waals surface area contributed by atoms with Gasteiger partial charge < -0.3 is 29.2 Å². The van der Waals surface area contributed by atoms with Crippen molar-refractivity contribution in [2.75, 3.05) is 26.4 Å². The molecule has 6 nitrogen and oxygen atoms in total. The van der Waals surface area contributed by atoms with E-state index in [1.807, 2.05) is 0 Å². The van der Waals surface area contributed by atoms with E-state index in [0.29, 0.717) is 37.9 Å². The van der Waals surface area contributed by atoms with E-state index >= 15 is 0 Å². The topological polar surface area (TPSA) is 77.4 Å². The Morgan fingerprint density at radius 3 is 0.980 bits per heavy atom. The van der Waals surface area contributed by atoms with Gasteiger partial charge in [0.05, 0.1) is 31.8 Å². The lowest BCUT2D eigenvalue weighted by molar-refractivity contribution is -0.304. The molecule has 2 fully saturated rings. The summed E-state index contributed by atoms with van der Waals surface area (Å²) in [5.41, 5.74) is 5.70. The van der Waals surface area contributed by atoms with Gasteiger partial charge in [-0.05, 0) is 70.3 Å². The summed E-state index contributed by atoms with van der Waals surface area (Å²) in [5, 5.41) is 22.9. The average Bonchev–Trinajstić information content (AvgIpc) is 3.10. The Bertz CT molecular complexity index is 1280. The molecule has 2 aromatic carbocycles. The van der Waals surface area contributed by atoms with Gasteiger partial charge >= 0.3 is 0 Å². The van der Waals surface area contributed by atoms with Crippen molar-refractivity contribution in [3.63, 3.8) is 0 Å². The Labute approximate surface area is 311 Å². The molecule has 2 N–H and O–H groups in total. The van der Waals surface area contributed by atoms with Crippen molar-refractivity contribution in [3.8, 4) is 11.5 Å². The van der Waals surface area contributed by atoms with Gasteiger partial charge in [0, 0.05) is 35.1 Å². The molecule has 4 rings (SSSR count). The second kappa shape index (κ2) is 15.7. The number of benzene rings is 2. The molecule has 0 radical (unpaired) electrons. The van der Waals surface area contributed by atoms with Gasteiger partial charge in [-0.1, -0.05) is 121 Å². The minimum atomic E-state index is -0.316. The fourth-order valence-electron chi connectivity index (χ4n) is 7.25. The summed E-state index contributed by atoms with van der Waals surface area (Å²) in [6, 6.07) is 8.84. The van der Waals surface area contributed by atoms with E-state index in [4.69, 9.17) is 18.9 Å². The van der Waals surface area contributed by atoms with Crippen LogP contribution >= 0.6 is 0 Å². The lowest BCUT2D eigenvalue weighted by Gasteiger charge is -2.44. The molecule has 0 aromatic heterocycles. The van der Waals surface area contributed by atoms with Gasteiger partial charge in [0.15, 0.2) is 12.6 Å². The zero-order chi connectivity index (χ0) is 38.2. The van der Waals surface area contributed by atoms with E-state index in [0.717, 1.165) is 60.8 Å². The third-order valence-electron chi connectivity index (χ3n) is 13.2. The Morgan fingerprint density at radius 2 is 0.765 bits per heavy atom. The van der Waals surface area contributed by atoms with Gasteiger partial charge in [0.25, 0.3) is 0 Å². The fourth-order valence-corrected chi connectivity index (χ4v) is 7.25. The van der Waals surface area contributed by atoms with Crippen LogP contribution in [0.15, 0.2) is 24.3 Å². The van der Waals surface area contributed by atoms with Crippen molar-refractivity contribution in [2.24, 2.45) is 5.41 Å². The molecular weight excluding hydrogens is 636 g/mol. The summed E-state index contributed by atoms with van der Waals surface area (Å²) >= 11 is 0. The van der Waals surface area contributed by atoms with Crippen LogP contribution in [-0.4, -0.2) is 49.2 Å². The van der Waals surface area contributed by atoms with Crippen molar-refractivity contribution in [3.05, 3.63) is 57.6 Å². The fraction of sp³-hybridized carbons (Fsp3) is 0.733. The predicted molar refractivity (Wildman–Crippen MR) is 209 cm³/mol. The SMILES string of the molecule is CCC(C)(C)c1cc(C(C)CC2OCC3(CO2)COC(CC(C)c2cc(C(C)(C)CC)c(O)c(C(C)(C)CC)c2)OC3)cc(C(C)(C)CC)c1O. The minimum Gasteiger partial charge on any atom is -0.507 e. The second-order valence-electron chi connectivity index (χ2n) is 18.8. The summed E-state index contributed by atoms with van der Waals surface area (Å²) in [6.07, 6.45) is 4.64. The van der Waals surface area contributed by atoms with Gasteiger partial charge in [-0.25, -0.2) is 0 Å². The number of phenolic OH excluding ortho intramolecular Hbond substituents is 2. The Morgan fingerprint density at radius 1 is 0.529 bits per heavy atom. The second-order valence-corrected chi connectivity index (χ2v) is 18.8. The molecule has 6 heteroatoms. The average molecular weight is 709 g/mol. The highest BCUT2D eigenvalue weighted by atomic mass is 16.7. The first kappa shape index (κ1) is 41.6. The first-order chi connectivity index (χ1) is 23.7. The molecule has 0 aliphatic carbocycles. The maximum absolute atomic E-state index is 11.4. The van der Waals surface area contributed by atoms with Crippen molar-refractivity contribution in [1.29, 1.82) is 0 Å².